The Kier molecular flexibility index (Phi) is 5.21. The molecule has 0 aromatic rings. The van der Waals surface area contributed by atoms with Gasteiger partial charge in [-0.2, -0.15) is 0 Å². The van der Waals surface area contributed by atoms with Crippen molar-refractivity contribution < 1.29 is 0 Å². The number of fused-ring (bicyclic) bond motifs is 2. The van der Waals surface area contributed by atoms with E-state index in [9.17, 15) is 0 Å². The van der Waals surface area contributed by atoms with Gasteiger partial charge in [-0.15, -0.1) is 0 Å². The summed E-state index contributed by atoms with van der Waals surface area (Å²) in [6.07, 6.45) is 12.7. The van der Waals surface area contributed by atoms with Crippen LogP contribution in [0.25, 0.3) is 0 Å². The zero-order valence-electron chi connectivity index (χ0n) is 14.6. The van der Waals surface area contributed by atoms with E-state index in [0.717, 1.165) is 12.0 Å². The third-order valence-electron chi connectivity index (χ3n) is 7.02. The highest BCUT2D eigenvalue weighted by molar-refractivity contribution is 5.13. The van der Waals surface area contributed by atoms with E-state index in [2.05, 4.69) is 39.9 Å². The molecule has 2 fully saturated rings. The molecule has 4 atom stereocenters. The Morgan fingerprint density at radius 3 is 2.35 bits per heavy atom. The lowest BCUT2D eigenvalue weighted by molar-refractivity contribution is 0.115. The van der Waals surface area contributed by atoms with E-state index in [1.54, 1.807) is 0 Å². The topological polar surface area (TPSA) is 12.0 Å². The third-order valence-corrected chi connectivity index (χ3v) is 7.02. The third kappa shape index (κ3) is 2.93. The van der Waals surface area contributed by atoms with Gasteiger partial charge in [0.1, 0.15) is 0 Å². The molecule has 0 heterocycles. The molecule has 0 radical (unpaired) electrons. The second kappa shape index (κ2) is 6.38. The molecule has 1 nitrogen and oxygen atoms in total. The number of hydrogen-bond acceptors (Lipinski definition) is 1. The molecule has 4 unspecified atom stereocenters. The second-order valence-corrected chi connectivity index (χ2v) is 8.43. The second-order valence-electron chi connectivity index (χ2n) is 8.43. The molecule has 2 rings (SSSR count). The van der Waals surface area contributed by atoms with Gasteiger partial charge in [-0.05, 0) is 49.4 Å². The van der Waals surface area contributed by atoms with Crippen LogP contribution in [0.15, 0.2) is 0 Å². The van der Waals surface area contributed by atoms with Crippen LogP contribution in [0.2, 0.25) is 0 Å². The minimum absolute atomic E-state index is 0.536. The van der Waals surface area contributed by atoms with Crippen molar-refractivity contribution in [2.75, 3.05) is 0 Å². The highest BCUT2D eigenvalue weighted by Crippen LogP contribution is 2.65. The average Bonchev–Trinajstić information content (AvgIpc) is 2.71. The van der Waals surface area contributed by atoms with E-state index in [4.69, 9.17) is 0 Å². The molecule has 2 bridgehead atoms. The first-order chi connectivity index (χ1) is 9.41. The molecule has 1 N–H and O–H groups in total. The van der Waals surface area contributed by atoms with Crippen molar-refractivity contribution in [1.29, 1.82) is 0 Å². The molecule has 0 aromatic heterocycles. The van der Waals surface area contributed by atoms with Gasteiger partial charge in [-0.1, -0.05) is 59.8 Å². The lowest BCUT2D eigenvalue weighted by atomic mass is 9.69. The molecule has 20 heavy (non-hydrogen) atoms. The first-order valence-electron chi connectivity index (χ1n) is 9.18. The van der Waals surface area contributed by atoms with Crippen LogP contribution in [0.1, 0.15) is 92.4 Å². The molecular formula is C19H37N. The van der Waals surface area contributed by atoms with Gasteiger partial charge >= 0.3 is 0 Å². The summed E-state index contributed by atoms with van der Waals surface area (Å²) in [4.78, 5) is 0. The Labute approximate surface area is 127 Å². The van der Waals surface area contributed by atoms with Gasteiger partial charge in [0.05, 0.1) is 0 Å². The normalized spacial score (nSPS) is 36.5. The van der Waals surface area contributed by atoms with E-state index in [-0.39, 0.29) is 0 Å². The van der Waals surface area contributed by atoms with Gasteiger partial charge in [0.15, 0.2) is 0 Å². The molecule has 2 aliphatic rings. The van der Waals surface area contributed by atoms with Crippen LogP contribution in [0.5, 0.6) is 0 Å². The molecule has 0 spiro atoms. The lowest BCUT2D eigenvalue weighted by Crippen LogP contribution is -2.47. The van der Waals surface area contributed by atoms with Gasteiger partial charge in [0.25, 0.3) is 0 Å². The first kappa shape index (κ1) is 16.3. The lowest BCUT2D eigenvalue weighted by Gasteiger charge is -2.40. The Morgan fingerprint density at radius 1 is 1.10 bits per heavy atom. The summed E-state index contributed by atoms with van der Waals surface area (Å²) in [7, 11) is 0. The Morgan fingerprint density at radius 2 is 1.80 bits per heavy atom. The number of unbranched alkanes of at least 4 members (excludes halogenated alkanes) is 4. The van der Waals surface area contributed by atoms with Crippen LogP contribution in [-0.4, -0.2) is 12.1 Å². The summed E-state index contributed by atoms with van der Waals surface area (Å²) >= 11 is 0. The van der Waals surface area contributed by atoms with Crippen molar-refractivity contribution in [3.05, 3.63) is 0 Å². The largest absolute Gasteiger partial charge is 0.311 e. The van der Waals surface area contributed by atoms with Gasteiger partial charge < -0.3 is 5.32 Å². The SMILES string of the molecule is CCCCCCCC(C)NC1CC2CCC1(C)C2(C)C. The number of nitrogens with one attached hydrogen (secondary N) is 1. The van der Waals surface area contributed by atoms with Gasteiger partial charge in [0.2, 0.25) is 0 Å². The predicted molar refractivity (Wildman–Crippen MR) is 89.0 cm³/mol. The van der Waals surface area contributed by atoms with Crippen LogP contribution in [-0.2, 0) is 0 Å². The predicted octanol–water partition coefficient (Wildman–Crippen LogP) is 5.54. The molecular weight excluding hydrogens is 242 g/mol. The van der Waals surface area contributed by atoms with Crippen molar-refractivity contribution >= 4 is 0 Å². The minimum atomic E-state index is 0.536. The highest BCUT2D eigenvalue weighted by Gasteiger charge is 2.61. The molecule has 0 aliphatic heterocycles. The van der Waals surface area contributed by atoms with Gasteiger partial charge in [-0.25, -0.2) is 0 Å². The van der Waals surface area contributed by atoms with Crippen molar-refractivity contribution in [1.82, 2.24) is 5.32 Å². The molecule has 2 aliphatic carbocycles. The number of hydrogen-bond donors (Lipinski definition) is 1. The van der Waals surface area contributed by atoms with Gasteiger partial charge in [-0.3, -0.25) is 0 Å². The van der Waals surface area contributed by atoms with Crippen molar-refractivity contribution in [3.63, 3.8) is 0 Å². The van der Waals surface area contributed by atoms with Crippen molar-refractivity contribution in [2.45, 2.75) is 104 Å². The zero-order valence-corrected chi connectivity index (χ0v) is 14.6. The smallest absolute Gasteiger partial charge is 0.0131 e. The first-order valence-corrected chi connectivity index (χ1v) is 9.18. The molecule has 0 amide bonds. The molecule has 118 valence electrons. The summed E-state index contributed by atoms with van der Waals surface area (Å²) in [5, 5.41) is 4.00. The van der Waals surface area contributed by atoms with E-state index in [1.165, 1.54) is 57.8 Å². The fraction of sp³-hybridized carbons (Fsp3) is 1.00. The standard InChI is InChI=1S/C19H37N/c1-6-7-8-9-10-11-15(2)20-17-14-16-12-13-19(17,5)18(16,3)4/h15-17,20H,6-14H2,1-5H3. The maximum Gasteiger partial charge on any atom is 0.0131 e. The maximum absolute atomic E-state index is 4.00. The highest BCUT2D eigenvalue weighted by atomic mass is 15.0. The summed E-state index contributed by atoms with van der Waals surface area (Å²) < 4.78 is 0. The van der Waals surface area contributed by atoms with Crippen LogP contribution in [0, 0.1) is 16.7 Å². The summed E-state index contributed by atoms with van der Waals surface area (Å²) in [5.74, 6) is 0.960. The Bertz CT molecular complexity index is 309. The van der Waals surface area contributed by atoms with Crippen LogP contribution >= 0.6 is 0 Å². The number of rotatable bonds is 8. The maximum atomic E-state index is 4.00. The van der Waals surface area contributed by atoms with Gasteiger partial charge in [0, 0.05) is 12.1 Å². The van der Waals surface area contributed by atoms with E-state index < -0.39 is 0 Å². The molecule has 1 heteroatoms. The monoisotopic (exact) mass is 279 g/mol. The zero-order chi connectivity index (χ0) is 14.8. The summed E-state index contributed by atoms with van der Waals surface area (Å²) in [5.41, 5.74) is 1.08. The Balaban J connectivity index is 1.74. The van der Waals surface area contributed by atoms with Crippen LogP contribution in [0.3, 0.4) is 0 Å². The van der Waals surface area contributed by atoms with Crippen LogP contribution in [0.4, 0.5) is 0 Å². The summed E-state index contributed by atoms with van der Waals surface area (Å²) in [6, 6.07) is 1.47. The fourth-order valence-corrected chi connectivity index (χ4v) is 4.94. The Hall–Kier alpha value is -0.0400. The quantitative estimate of drug-likeness (QED) is 0.575. The molecule has 0 aromatic carbocycles. The fourth-order valence-electron chi connectivity index (χ4n) is 4.94. The van der Waals surface area contributed by atoms with Crippen molar-refractivity contribution in [2.24, 2.45) is 16.7 Å². The van der Waals surface area contributed by atoms with E-state index in [1.807, 2.05) is 0 Å². The van der Waals surface area contributed by atoms with Crippen LogP contribution < -0.4 is 5.32 Å². The minimum Gasteiger partial charge on any atom is -0.311 e. The van der Waals surface area contributed by atoms with E-state index >= 15 is 0 Å². The van der Waals surface area contributed by atoms with Crippen molar-refractivity contribution in [3.8, 4) is 0 Å². The average molecular weight is 280 g/mol. The molecule has 2 saturated carbocycles. The molecule has 0 saturated heterocycles. The van der Waals surface area contributed by atoms with E-state index in [0.29, 0.717) is 16.9 Å². The summed E-state index contributed by atoms with van der Waals surface area (Å²) in [6.45, 7) is 12.3.